The second kappa shape index (κ2) is 4.96. The molecule has 0 amide bonds. The van der Waals surface area contributed by atoms with Crippen molar-refractivity contribution in [1.29, 1.82) is 0 Å². The summed E-state index contributed by atoms with van der Waals surface area (Å²) in [6.45, 7) is 0.429. The van der Waals surface area contributed by atoms with Crippen LogP contribution in [-0.4, -0.2) is 19.5 Å². The van der Waals surface area contributed by atoms with Crippen LogP contribution < -0.4 is 5.32 Å². The van der Waals surface area contributed by atoms with Crippen LogP contribution in [0.15, 0.2) is 48.7 Å². The zero-order valence-corrected chi connectivity index (χ0v) is 10.4. The lowest BCUT2D eigenvalue weighted by molar-refractivity contribution is -0.384. The van der Waals surface area contributed by atoms with E-state index in [9.17, 15) is 10.1 Å². The maximum Gasteiger partial charge on any atom is 0.269 e. The molecule has 1 aromatic carbocycles. The van der Waals surface area contributed by atoms with Gasteiger partial charge in [-0.3, -0.25) is 10.1 Å². The van der Waals surface area contributed by atoms with Gasteiger partial charge in [-0.15, -0.1) is 5.10 Å². The number of nitro benzene ring substituents is 1. The summed E-state index contributed by atoms with van der Waals surface area (Å²) in [5.74, 6) is 0.489. The van der Waals surface area contributed by atoms with E-state index in [1.165, 1.54) is 12.1 Å². The molecule has 0 atom stereocenters. The molecule has 0 spiro atoms. The Morgan fingerprint density at radius 2 is 2.15 bits per heavy atom. The molecule has 0 aliphatic rings. The summed E-state index contributed by atoms with van der Waals surface area (Å²) < 4.78 is 1.66. The summed E-state index contributed by atoms with van der Waals surface area (Å²) in [6, 6.07) is 12.1. The van der Waals surface area contributed by atoms with Crippen molar-refractivity contribution < 1.29 is 4.92 Å². The summed E-state index contributed by atoms with van der Waals surface area (Å²) >= 11 is 0. The molecule has 3 rings (SSSR count). The minimum atomic E-state index is -0.410. The first kappa shape index (κ1) is 12.1. The Kier molecular flexibility index (Phi) is 3.00. The van der Waals surface area contributed by atoms with Gasteiger partial charge < -0.3 is 5.32 Å². The standard InChI is InChI=1S/C13H11N5O2/c19-18(20)11-5-3-4-10(8-11)9-14-13-15-12-6-1-2-7-17(12)16-13/h1-8H,9H2,(H,14,16). The van der Waals surface area contributed by atoms with Gasteiger partial charge >= 0.3 is 0 Å². The van der Waals surface area contributed by atoms with Crippen molar-refractivity contribution in [2.24, 2.45) is 0 Å². The summed E-state index contributed by atoms with van der Waals surface area (Å²) in [6.07, 6.45) is 1.81. The third-order valence-electron chi connectivity index (χ3n) is 2.81. The molecule has 0 fully saturated rings. The first-order valence-corrected chi connectivity index (χ1v) is 6.01. The monoisotopic (exact) mass is 269 g/mol. The predicted molar refractivity (Wildman–Crippen MR) is 73.4 cm³/mol. The third-order valence-corrected chi connectivity index (χ3v) is 2.81. The number of anilines is 1. The minimum absolute atomic E-state index is 0.0762. The fourth-order valence-electron chi connectivity index (χ4n) is 1.87. The van der Waals surface area contributed by atoms with Crippen molar-refractivity contribution >= 4 is 17.3 Å². The van der Waals surface area contributed by atoms with E-state index in [1.807, 2.05) is 24.3 Å². The summed E-state index contributed by atoms with van der Waals surface area (Å²) in [4.78, 5) is 14.6. The van der Waals surface area contributed by atoms with Crippen LogP contribution in [0.3, 0.4) is 0 Å². The number of benzene rings is 1. The van der Waals surface area contributed by atoms with E-state index >= 15 is 0 Å². The first-order chi connectivity index (χ1) is 9.72. The first-order valence-electron chi connectivity index (χ1n) is 6.01. The van der Waals surface area contributed by atoms with E-state index < -0.39 is 4.92 Å². The number of pyridine rings is 1. The SMILES string of the molecule is O=[N+]([O-])c1cccc(CNc2nc3ccccn3n2)c1. The van der Waals surface area contributed by atoms with Crippen molar-refractivity contribution in [1.82, 2.24) is 14.6 Å². The normalized spacial score (nSPS) is 10.6. The van der Waals surface area contributed by atoms with Gasteiger partial charge in [0.2, 0.25) is 5.95 Å². The molecule has 0 unspecified atom stereocenters. The van der Waals surface area contributed by atoms with Crippen LogP contribution in [0.1, 0.15) is 5.56 Å². The number of aromatic nitrogens is 3. The molecule has 0 aliphatic heterocycles. The Morgan fingerprint density at radius 3 is 2.95 bits per heavy atom. The van der Waals surface area contributed by atoms with E-state index in [0.29, 0.717) is 12.5 Å². The van der Waals surface area contributed by atoms with E-state index in [4.69, 9.17) is 0 Å². The number of nitro groups is 1. The molecular formula is C13H11N5O2. The Morgan fingerprint density at radius 1 is 1.25 bits per heavy atom. The fourth-order valence-corrected chi connectivity index (χ4v) is 1.87. The van der Waals surface area contributed by atoms with Gasteiger partial charge in [-0.1, -0.05) is 18.2 Å². The molecule has 0 bridgehead atoms. The predicted octanol–water partition coefficient (Wildman–Crippen LogP) is 2.25. The molecule has 3 aromatic rings. The van der Waals surface area contributed by atoms with Crippen LogP contribution in [0, 0.1) is 10.1 Å². The van der Waals surface area contributed by atoms with Gasteiger partial charge in [-0.2, -0.15) is 4.98 Å². The number of nitrogens with one attached hydrogen (secondary N) is 1. The van der Waals surface area contributed by atoms with Crippen LogP contribution in [0.4, 0.5) is 11.6 Å². The molecule has 20 heavy (non-hydrogen) atoms. The zero-order valence-electron chi connectivity index (χ0n) is 10.4. The van der Waals surface area contributed by atoms with E-state index in [0.717, 1.165) is 11.2 Å². The molecular weight excluding hydrogens is 258 g/mol. The number of fused-ring (bicyclic) bond motifs is 1. The highest BCUT2D eigenvalue weighted by molar-refractivity contribution is 5.43. The largest absolute Gasteiger partial charge is 0.349 e. The lowest BCUT2D eigenvalue weighted by Crippen LogP contribution is -2.01. The second-order valence-corrected chi connectivity index (χ2v) is 4.22. The van der Waals surface area contributed by atoms with Gasteiger partial charge in [0.05, 0.1) is 4.92 Å². The highest BCUT2D eigenvalue weighted by Gasteiger charge is 2.06. The van der Waals surface area contributed by atoms with Crippen molar-refractivity contribution in [3.63, 3.8) is 0 Å². The molecule has 0 aliphatic carbocycles. The molecule has 0 radical (unpaired) electrons. The van der Waals surface area contributed by atoms with Gasteiger partial charge in [-0.25, -0.2) is 4.52 Å². The van der Waals surface area contributed by atoms with Crippen molar-refractivity contribution in [3.05, 3.63) is 64.3 Å². The summed E-state index contributed by atoms with van der Waals surface area (Å²) in [5, 5.41) is 18.0. The Labute approximate surface area is 114 Å². The molecule has 7 nitrogen and oxygen atoms in total. The van der Waals surface area contributed by atoms with E-state index in [2.05, 4.69) is 15.4 Å². The summed E-state index contributed by atoms with van der Waals surface area (Å²) in [5.41, 5.74) is 1.62. The molecule has 100 valence electrons. The molecule has 0 saturated carbocycles. The minimum Gasteiger partial charge on any atom is -0.349 e. The van der Waals surface area contributed by atoms with E-state index in [-0.39, 0.29) is 5.69 Å². The van der Waals surface area contributed by atoms with E-state index in [1.54, 1.807) is 16.8 Å². The van der Waals surface area contributed by atoms with Gasteiger partial charge in [0.25, 0.3) is 5.69 Å². The number of non-ortho nitro benzene ring substituents is 1. The lowest BCUT2D eigenvalue weighted by Gasteiger charge is -2.01. The highest BCUT2D eigenvalue weighted by atomic mass is 16.6. The van der Waals surface area contributed by atoms with Gasteiger partial charge in [0.1, 0.15) is 0 Å². The topological polar surface area (TPSA) is 85.4 Å². The maximum atomic E-state index is 10.7. The number of rotatable bonds is 4. The Balaban J connectivity index is 1.75. The quantitative estimate of drug-likeness (QED) is 0.580. The average Bonchev–Trinajstić information content (AvgIpc) is 2.88. The Bertz CT molecular complexity index is 735. The third kappa shape index (κ3) is 2.41. The van der Waals surface area contributed by atoms with Gasteiger partial charge in [-0.05, 0) is 17.7 Å². The number of hydrogen-bond acceptors (Lipinski definition) is 5. The van der Waals surface area contributed by atoms with Crippen molar-refractivity contribution in [3.8, 4) is 0 Å². The molecule has 2 aromatic heterocycles. The molecule has 2 heterocycles. The lowest BCUT2D eigenvalue weighted by atomic mass is 10.2. The highest BCUT2D eigenvalue weighted by Crippen LogP contribution is 2.14. The number of nitrogens with zero attached hydrogens (tertiary/aromatic N) is 4. The molecule has 1 N–H and O–H groups in total. The van der Waals surface area contributed by atoms with Gasteiger partial charge in [0.15, 0.2) is 5.65 Å². The smallest absolute Gasteiger partial charge is 0.269 e. The molecule has 7 heteroatoms. The van der Waals surface area contributed by atoms with Crippen LogP contribution in [0.25, 0.3) is 5.65 Å². The van der Waals surface area contributed by atoms with Crippen LogP contribution in [0.5, 0.6) is 0 Å². The molecule has 0 saturated heterocycles. The van der Waals surface area contributed by atoms with Crippen LogP contribution in [-0.2, 0) is 6.54 Å². The van der Waals surface area contributed by atoms with Crippen LogP contribution in [0.2, 0.25) is 0 Å². The van der Waals surface area contributed by atoms with Gasteiger partial charge in [0, 0.05) is 24.9 Å². The van der Waals surface area contributed by atoms with Crippen molar-refractivity contribution in [2.75, 3.05) is 5.32 Å². The fraction of sp³-hybridized carbons (Fsp3) is 0.0769. The van der Waals surface area contributed by atoms with Crippen molar-refractivity contribution in [2.45, 2.75) is 6.54 Å². The second-order valence-electron chi connectivity index (χ2n) is 4.22. The maximum absolute atomic E-state index is 10.7. The summed E-state index contributed by atoms with van der Waals surface area (Å²) in [7, 11) is 0. The Hall–Kier alpha value is -2.96. The average molecular weight is 269 g/mol. The van der Waals surface area contributed by atoms with Crippen LogP contribution >= 0.6 is 0 Å². The number of hydrogen-bond donors (Lipinski definition) is 1. The zero-order chi connectivity index (χ0) is 13.9.